The van der Waals surface area contributed by atoms with Crippen LogP contribution in [-0.2, 0) is 17.4 Å². The highest BCUT2D eigenvalue weighted by atomic mass is 16.5. The van der Waals surface area contributed by atoms with Crippen molar-refractivity contribution in [3.63, 3.8) is 0 Å². The summed E-state index contributed by atoms with van der Waals surface area (Å²) in [6.07, 6.45) is 5.40. The highest BCUT2D eigenvalue weighted by Gasteiger charge is 2.48. The molecule has 5 aromatic rings. The zero-order valence-electron chi connectivity index (χ0n) is 19.6. The molecule has 11 heteroatoms. The number of pyridine rings is 1. The fourth-order valence-corrected chi connectivity index (χ4v) is 4.41. The first-order chi connectivity index (χ1) is 17.4. The van der Waals surface area contributed by atoms with E-state index >= 15 is 0 Å². The molecular formula is C25H22N8O3. The molecular weight excluding hydrogens is 460 g/mol. The molecule has 36 heavy (non-hydrogen) atoms. The third-order valence-electron chi connectivity index (χ3n) is 6.42. The maximum Gasteiger partial charge on any atom is 0.262 e. The molecule has 1 amide bonds. The van der Waals surface area contributed by atoms with Crippen molar-refractivity contribution in [2.45, 2.75) is 12.0 Å². The lowest BCUT2D eigenvalue weighted by Gasteiger charge is -2.16. The molecule has 0 saturated carbocycles. The van der Waals surface area contributed by atoms with Gasteiger partial charge in [0.2, 0.25) is 11.5 Å². The first-order valence-corrected chi connectivity index (χ1v) is 11.3. The number of likely N-dealkylation sites (N-methyl/N-ethyl adjacent to an activating group) is 1. The number of nitrogens with one attached hydrogen (secondary N) is 1. The van der Waals surface area contributed by atoms with E-state index in [4.69, 9.17) is 4.52 Å². The van der Waals surface area contributed by atoms with Crippen molar-refractivity contribution < 1.29 is 14.4 Å². The molecule has 1 aromatic carbocycles. The van der Waals surface area contributed by atoms with Gasteiger partial charge in [0.25, 0.3) is 5.91 Å². The molecule has 2 N–H and O–H groups in total. The van der Waals surface area contributed by atoms with Crippen LogP contribution >= 0.6 is 0 Å². The smallest absolute Gasteiger partial charge is 0.262 e. The van der Waals surface area contributed by atoms with Crippen LogP contribution in [-0.4, -0.2) is 59.4 Å². The monoisotopic (exact) mass is 482 g/mol. The lowest BCUT2D eigenvalue weighted by molar-refractivity contribution is -0.144. The number of carbonyl (C=O) groups is 1. The molecule has 1 fully saturated rings. The van der Waals surface area contributed by atoms with Crippen molar-refractivity contribution in [1.82, 2.24) is 34.8 Å². The molecule has 0 unspecified atom stereocenters. The first kappa shape index (κ1) is 21.9. The molecule has 6 rings (SSSR count). The maximum absolute atomic E-state index is 12.4. The van der Waals surface area contributed by atoms with Gasteiger partial charge >= 0.3 is 0 Å². The first-order valence-electron chi connectivity index (χ1n) is 11.3. The molecule has 11 nitrogen and oxygen atoms in total. The molecule has 1 aliphatic rings. The highest BCUT2D eigenvalue weighted by Crippen LogP contribution is 2.35. The van der Waals surface area contributed by atoms with Crippen molar-refractivity contribution in [2.24, 2.45) is 7.05 Å². The number of amides is 1. The Hall–Kier alpha value is -4.64. The van der Waals surface area contributed by atoms with Gasteiger partial charge < -0.3 is 19.8 Å². The SMILES string of the molecule is CN1CC[C@@](O)(c2cc(-c3cccc(-c4ccnc(Nc5nn(C)c6ccncc56)n4)c3)no2)C1=O. The third kappa shape index (κ3) is 3.57. The van der Waals surface area contributed by atoms with Gasteiger partial charge in [-0.1, -0.05) is 23.4 Å². The molecule has 0 bridgehead atoms. The molecule has 1 saturated heterocycles. The quantitative estimate of drug-likeness (QED) is 0.388. The van der Waals surface area contributed by atoms with Crippen molar-refractivity contribution >= 4 is 28.6 Å². The van der Waals surface area contributed by atoms with Crippen LogP contribution in [0.5, 0.6) is 0 Å². The zero-order valence-corrected chi connectivity index (χ0v) is 19.6. The van der Waals surface area contributed by atoms with Crippen LogP contribution in [0.4, 0.5) is 11.8 Å². The minimum atomic E-state index is -1.68. The second-order valence-electron chi connectivity index (χ2n) is 8.75. The minimum Gasteiger partial charge on any atom is -0.373 e. The van der Waals surface area contributed by atoms with E-state index in [1.165, 1.54) is 4.90 Å². The molecule has 5 heterocycles. The fraction of sp³-hybridized carbons (Fsp3) is 0.200. The van der Waals surface area contributed by atoms with Crippen molar-refractivity contribution in [3.05, 3.63) is 66.8 Å². The van der Waals surface area contributed by atoms with Crippen LogP contribution < -0.4 is 5.32 Å². The predicted octanol–water partition coefficient (Wildman–Crippen LogP) is 2.87. The van der Waals surface area contributed by atoms with Gasteiger partial charge in [0.1, 0.15) is 5.69 Å². The van der Waals surface area contributed by atoms with Gasteiger partial charge in [0.15, 0.2) is 11.6 Å². The molecule has 0 aliphatic carbocycles. The molecule has 0 spiro atoms. The summed E-state index contributed by atoms with van der Waals surface area (Å²) in [4.78, 5) is 27.1. The Labute approximate surface area is 205 Å². The topological polar surface area (TPSA) is 135 Å². The number of aryl methyl sites for hydroxylation is 1. The molecule has 0 radical (unpaired) electrons. The predicted molar refractivity (Wildman–Crippen MR) is 131 cm³/mol. The Morgan fingerprint density at radius 3 is 2.72 bits per heavy atom. The van der Waals surface area contributed by atoms with E-state index in [0.717, 1.165) is 22.0 Å². The van der Waals surface area contributed by atoms with Crippen LogP contribution in [0.3, 0.4) is 0 Å². The zero-order chi connectivity index (χ0) is 24.9. The van der Waals surface area contributed by atoms with Gasteiger partial charge in [-0.3, -0.25) is 14.5 Å². The Morgan fingerprint density at radius 2 is 1.92 bits per heavy atom. The number of hydrogen-bond acceptors (Lipinski definition) is 9. The lowest BCUT2D eigenvalue weighted by atomic mass is 9.98. The maximum atomic E-state index is 12.4. The van der Waals surface area contributed by atoms with Crippen LogP contribution in [0.15, 0.2) is 65.6 Å². The number of likely N-dealkylation sites (tertiary alicyclic amines) is 1. The standard InChI is InChI=1S/C25H22N8O3/c1-32-11-8-25(35,23(32)34)21-13-19(31-36-21)16-5-3-4-15(12-16)18-6-10-27-24(28-18)29-22-17-14-26-9-7-20(17)33(2)30-22/h3-7,9-10,12-14,35H,8,11H2,1-2H3,(H,27,28,29,30)/t25-/m1/s1. The number of rotatable bonds is 5. The summed E-state index contributed by atoms with van der Waals surface area (Å²) in [6, 6.07) is 12.9. The van der Waals surface area contributed by atoms with Crippen LogP contribution in [0.1, 0.15) is 12.2 Å². The van der Waals surface area contributed by atoms with E-state index in [1.807, 2.05) is 43.4 Å². The van der Waals surface area contributed by atoms with Crippen LogP contribution in [0.2, 0.25) is 0 Å². The number of carbonyl (C=O) groups excluding carboxylic acids is 1. The van der Waals surface area contributed by atoms with Gasteiger partial charge in [-0.05, 0) is 18.2 Å². The molecule has 1 atom stereocenters. The summed E-state index contributed by atoms with van der Waals surface area (Å²) in [7, 11) is 3.52. The van der Waals surface area contributed by atoms with Crippen molar-refractivity contribution in [3.8, 4) is 22.5 Å². The van der Waals surface area contributed by atoms with E-state index in [0.29, 0.717) is 29.7 Å². The van der Waals surface area contributed by atoms with Crippen molar-refractivity contribution in [2.75, 3.05) is 18.9 Å². The summed E-state index contributed by atoms with van der Waals surface area (Å²) in [5, 5.41) is 23.5. The second-order valence-corrected chi connectivity index (χ2v) is 8.75. The van der Waals surface area contributed by atoms with Crippen LogP contribution in [0.25, 0.3) is 33.4 Å². The van der Waals surface area contributed by atoms with Gasteiger partial charge in [0.05, 0.1) is 16.6 Å². The Balaban J connectivity index is 1.29. The number of nitrogens with zero attached hydrogens (tertiary/aromatic N) is 7. The summed E-state index contributed by atoms with van der Waals surface area (Å²) in [5.41, 5.74) is 2.07. The van der Waals surface area contributed by atoms with Gasteiger partial charge in [0, 0.05) is 62.8 Å². The van der Waals surface area contributed by atoms with Gasteiger partial charge in [-0.15, -0.1) is 0 Å². The van der Waals surface area contributed by atoms with Crippen molar-refractivity contribution in [1.29, 1.82) is 0 Å². The number of anilines is 2. The Bertz CT molecular complexity index is 1610. The highest BCUT2D eigenvalue weighted by molar-refractivity contribution is 5.90. The van der Waals surface area contributed by atoms with E-state index in [2.05, 4.69) is 30.5 Å². The van der Waals surface area contributed by atoms with Gasteiger partial charge in [-0.2, -0.15) is 5.10 Å². The van der Waals surface area contributed by atoms with E-state index in [9.17, 15) is 9.90 Å². The summed E-state index contributed by atoms with van der Waals surface area (Å²) < 4.78 is 7.17. The molecule has 1 aliphatic heterocycles. The lowest BCUT2D eigenvalue weighted by Crippen LogP contribution is -2.35. The summed E-state index contributed by atoms with van der Waals surface area (Å²) in [6.45, 7) is 0.454. The average molecular weight is 483 g/mol. The van der Waals surface area contributed by atoms with E-state index < -0.39 is 11.5 Å². The Kier molecular flexibility index (Phi) is 5.00. The molecule has 180 valence electrons. The number of aliphatic hydroxyl groups is 1. The number of fused-ring (bicyclic) bond motifs is 1. The second kappa shape index (κ2) is 8.24. The third-order valence-corrected chi connectivity index (χ3v) is 6.42. The summed E-state index contributed by atoms with van der Waals surface area (Å²) >= 11 is 0. The number of aromatic nitrogens is 6. The Morgan fingerprint density at radius 1 is 1.08 bits per heavy atom. The summed E-state index contributed by atoms with van der Waals surface area (Å²) in [5.74, 6) is 0.766. The fourth-order valence-electron chi connectivity index (χ4n) is 4.41. The minimum absolute atomic E-state index is 0.142. The van der Waals surface area contributed by atoms with E-state index in [1.54, 1.807) is 36.4 Å². The number of benzene rings is 1. The average Bonchev–Trinajstić information content (AvgIpc) is 3.59. The van der Waals surface area contributed by atoms with Crippen LogP contribution in [0, 0.1) is 0 Å². The normalized spacial score (nSPS) is 17.8. The number of hydrogen-bond donors (Lipinski definition) is 2. The van der Waals surface area contributed by atoms with Gasteiger partial charge in [-0.25, -0.2) is 9.97 Å². The van der Waals surface area contributed by atoms with E-state index in [-0.39, 0.29) is 12.2 Å². The molecule has 4 aromatic heterocycles. The largest absolute Gasteiger partial charge is 0.373 e.